The Bertz CT molecular complexity index is 1470. The second kappa shape index (κ2) is 8.48. The molecule has 5 aromatic rings. The van der Waals surface area contributed by atoms with Crippen molar-refractivity contribution >= 4 is 27.6 Å². The number of nitrogens with one attached hydrogen (secondary N) is 1. The van der Waals surface area contributed by atoms with E-state index in [-0.39, 0.29) is 5.78 Å². The van der Waals surface area contributed by atoms with Crippen LogP contribution in [0.1, 0.15) is 35.6 Å². The van der Waals surface area contributed by atoms with E-state index in [0.717, 1.165) is 27.4 Å². The Morgan fingerprint density at radius 3 is 2.58 bits per heavy atom. The number of benzene rings is 2. The summed E-state index contributed by atoms with van der Waals surface area (Å²) in [6.07, 6.45) is 2.44. The first kappa shape index (κ1) is 20.8. The molecule has 0 atom stereocenters. The molecule has 0 aliphatic rings. The molecule has 0 saturated carbocycles. The Balaban J connectivity index is 1.61. The molecule has 0 radical (unpaired) electrons. The number of ketones is 1. The summed E-state index contributed by atoms with van der Waals surface area (Å²) in [5, 5.41) is 5.93. The van der Waals surface area contributed by atoms with Gasteiger partial charge >= 0.3 is 0 Å². The van der Waals surface area contributed by atoms with Gasteiger partial charge < -0.3 is 19.0 Å². The third-order valence-electron chi connectivity index (χ3n) is 5.48. The molecule has 3 heterocycles. The number of aromatic nitrogens is 4. The van der Waals surface area contributed by atoms with E-state index in [4.69, 9.17) is 14.0 Å². The van der Waals surface area contributed by atoms with E-state index in [1.165, 1.54) is 0 Å². The fourth-order valence-electron chi connectivity index (χ4n) is 3.86. The molecule has 0 saturated heterocycles. The highest BCUT2D eigenvalue weighted by atomic mass is 16.5. The number of rotatable bonds is 7. The lowest BCUT2D eigenvalue weighted by atomic mass is 10.1. The molecule has 33 heavy (non-hydrogen) atoms. The molecule has 0 aliphatic heterocycles. The maximum absolute atomic E-state index is 11.5. The molecule has 5 rings (SSSR count). The van der Waals surface area contributed by atoms with E-state index in [1.807, 2.05) is 25.1 Å². The van der Waals surface area contributed by atoms with Crippen LogP contribution in [0.2, 0.25) is 0 Å². The van der Waals surface area contributed by atoms with E-state index in [1.54, 1.807) is 44.5 Å². The van der Waals surface area contributed by atoms with Crippen LogP contribution in [-0.4, -0.2) is 33.0 Å². The van der Waals surface area contributed by atoms with Gasteiger partial charge in [-0.3, -0.25) is 4.79 Å². The van der Waals surface area contributed by atoms with Crippen molar-refractivity contribution in [1.82, 2.24) is 20.1 Å². The van der Waals surface area contributed by atoms with E-state index in [9.17, 15) is 4.79 Å². The second-order valence-corrected chi connectivity index (χ2v) is 7.69. The lowest BCUT2D eigenvalue weighted by Gasteiger charge is -2.08. The van der Waals surface area contributed by atoms with Gasteiger partial charge in [-0.1, -0.05) is 12.1 Å². The molecule has 3 aromatic heterocycles. The first-order valence-corrected chi connectivity index (χ1v) is 10.6. The lowest BCUT2D eigenvalue weighted by molar-refractivity contribution is 0.101. The Kier molecular flexibility index (Phi) is 5.35. The molecular weight excluding hydrogens is 420 g/mol. The van der Waals surface area contributed by atoms with Gasteiger partial charge in [-0.05, 0) is 49.4 Å². The molecule has 0 aliphatic carbocycles. The minimum absolute atomic E-state index is 0.0177. The zero-order valence-electron chi connectivity index (χ0n) is 18.5. The van der Waals surface area contributed by atoms with Gasteiger partial charge in [-0.25, -0.2) is 4.98 Å². The maximum Gasteiger partial charge on any atom is 0.276 e. The van der Waals surface area contributed by atoms with Crippen LogP contribution in [0.5, 0.6) is 11.5 Å². The molecule has 166 valence electrons. The Hall–Kier alpha value is -4.04. The molecule has 8 nitrogen and oxygen atoms in total. The minimum Gasteiger partial charge on any atom is -0.457 e. The van der Waals surface area contributed by atoms with Crippen LogP contribution >= 0.6 is 0 Å². The molecule has 8 heteroatoms. The maximum atomic E-state index is 11.5. The first-order valence-electron chi connectivity index (χ1n) is 10.6. The van der Waals surface area contributed by atoms with Crippen molar-refractivity contribution in [3.05, 3.63) is 65.6 Å². The molecule has 0 amide bonds. The van der Waals surface area contributed by atoms with Crippen LogP contribution in [0.15, 0.2) is 53.2 Å². The van der Waals surface area contributed by atoms with Crippen LogP contribution in [0.25, 0.3) is 33.4 Å². The molecule has 0 fully saturated rings. The normalized spacial score (nSPS) is 11.4. The van der Waals surface area contributed by atoms with Crippen LogP contribution in [0, 0.1) is 0 Å². The van der Waals surface area contributed by atoms with E-state index < -0.39 is 0 Å². The fourth-order valence-corrected chi connectivity index (χ4v) is 3.86. The van der Waals surface area contributed by atoms with Gasteiger partial charge in [0.05, 0.1) is 18.3 Å². The summed E-state index contributed by atoms with van der Waals surface area (Å²) >= 11 is 0. The SMILES string of the molecule is CCc1noc(-c2ncc3[nH]c4ccc(Oc5ccc(C(C)=O)cc5)cc4c3c2COC)n1. The number of ether oxygens (including phenoxy) is 2. The van der Waals surface area contributed by atoms with Crippen molar-refractivity contribution in [3.8, 4) is 23.1 Å². The van der Waals surface area contributed by atoms with Crippen molar-refractivity contribution in [2.24, 2.45) is 0 Å². The van der Waals surface area contributed by atoms with Gasteiger partial charge in [0.15, 0.2) is 11.6 Å². The highest BCUT2D eigenvalue weighted by Crippen LogP contribution is 2.36. The number of fused-ring (bicyclic) bond motifs is 3. The summed E-state index contributed by atoms with van der Waals surface area (Å²) in [6.45, 7) is 3.84. The number of pyridine rings is 1. The van der Waals surface area contributed by atoms with Crippen molar-refractivity contribution in [2.75, 3.05) is 7.11 Å². The van der Waals surface area contributed by atoms with Crippen LogP contribution in [-0.2, 0) is 17.8 Å². The van der Waals surface area contributed by atoms with Crippen LogP contribution < -0.4 is 4.74 Å². The highest BCUT2D eigenvalue weighted by molar-refractivity contribution is 6.10. The number of carbonyl (C=O) groups excluding carboxylic acids is 1. The average Bonchev–Trinajstić information content (AvgIpc) is 3.44. The predicted octanol–water partition coefficient (Wildman–Crippen LogP) is 5.47. The van der Waals surface area contributed by atoms with Crippen LogP contribution in [0.4, 0.5) is 0 Å². The summed E-state index contributed by atoms with van der Waals surface area (Å²) in [7, 11) is 1.64. The standard InChI is InChI=1S/C25H22N4O4/c1-4-22-28-25(33-29-22)24-19(13-31-3)23-18-11-17(9-10-20(18)27-21(23)12-26-24)32-16-7-5-15(6-8-16)14(2)30/h5-12,27H,4,13H2,1-3H3. The minimum atomic E-state index is 0.0177. The molecule has 2 aromatic carbocycles. The summed E-state index contributed by atoms with van der Waals surface area (Å²) in [5.41, 5.74) is 3.92. The predicted molar refractivity (Wildman–Crippen MR) is 124 cm³/mol. The number of methoxy groups -OCH3 is 1. The van der Waals surface area contributed by atoms with Gasteiger partial charge in [0, 0.05) is 40.9 Å². The third-order valence-corrected chi connectivity index (χ3v) is 5.48. The summed E-state index contributed by atoms with van der Waals surface area (Å²) in [5.74, 6) is 2.33. The Morgan fingerprint density at radius 2 is 1.88 bits per heavy atom. The van der Waals surface area contributed by atoms with E-state index in [0.29, 0.717) is 47.5 Å². The number of nitrogens with zero attached hydrogens (tertiary/aromatic N) is 3. The highest BCUT2D eigenvalue weighted by Gasteiger charge is 2.20. The molecular formula is C25H22N4O4. The third kappa shape index (κ3) is 3.85. The van der Waals surface area contributed by atoms with Crippen molar-refractivity contribution < 1.29 is 18.8 Å². The monoisotopic (exact) mass is 442 g/mol. The van der Waals surface area contributed by atoms with Gasteiger partial charge in [-0.15, -0.1) is 0 Å². The lowest BCUT2D eigenvalue weighted by Crippen LogP contribution is -1.97. The number of hydrogen-bond donors (Lipinski definition) is 1. The van der Waals surface area contributed by atoms with Crippen molar-refractivity contribution in [1.29, 1.82) is 0 Å². The summed E-state index contributed by atoms with van der Waals surface area (Å²) < 4.78 is 17.0. The molecule has 1 N–H and O–H groups in total. The van der Waals surface area contributed by atoms with Crippen LogP contribution in [0.3, 0.4) is 0 Å². The van der Waals surface area contributed by atoms with Gasteiger partial charge in [0.1, 0.15) is 17.2 Å². The first-order chi connectivity index (χ1) is 16.1. The van der Waals surface area contributed by atoms with Gasteiger partial charge in [0.2, 0.25) is 0 Å². The second-order valence-electron chi connectivity index (χ2n) is 7.69. The Labute approximate surface area is 189 Å². The average molecular weight is 442 g/mol. The van der Waals surface area contributed by atoms with E-state index >= 15 is 0 Å². The topological polar surface area (TPSA) is 103 Å². The largest absolute Gasteiger partial charge is 0.457 e. The zero-order chi connectivity index (χ0) is 22.9. The number of carbonyl (C=O) groups is 1. The van der Waals surface area contributed by atoms with Gasteiger partial charge in [0.25, 0.3) is 5.89 Å². The molecule has 0 unspecified atom stereocenters. The van der Waals surface area contributed by atoms with Crippen molar-refractivity contribution in [3.63, 3.8) is 0 Å². The molecule has 0 bridgehead atoms. The smallest absolute Gasteiger partial charge is 0.276 e. The molecule has 0 spiro atoms. The number of Topliss-reactive ketones (excluding diaryl/α,β-unsaturated/α-hetero) is 1. The summed E-state index contributed by atoms with van der Waals surface area (Å²) in [6, 6.07) is 12.9. The Morgan fingerprint density at radius 1 is 1.09 bits per heavy atom. The van der Waals surface area contributed by atoms with Gasteiger partial charge in [-0.2, -0.15) is 4.98 Å². The zero-order valence-corrected chi connectivity index (χ0v) is 18.5. The number of aromatic amines is 1. The van der Waals surface area contributed by atoms with Crippen molar-refractivity contribution in [2.45, 2.75) is 26.9 Å². The quantitative estimate of drug-likeness (QED) is 0.333. The number of H-pyrrole nitrogens is 1. The number of hydrogen-bond acceptors (Lipinski definition) is 7. The summed E-state index contributed by atoms with van der Waals surface area (Å²) in [4.78, 5) is 24.0. The fraction of sp³-hybridized carbons (Fsp3) is 0.200. The van der Waals surface area contributed by atoms with E-state index in [2.05, 4.69) is 20.1 Å². The number of aryl methyl sites for hydroxylation is 1.